The second-order valence-electron chi connectivity index (χ2n) is 6.91. The predicted molar refractivity (Wildman–Crippen MR) is 100 cm³/mol. The fourth-order valence-corrected chi connectivity index (χ4v) is 5.53. The van der Waals surface area contributed by atoms with Crippen molar-refractivity contribution in [2.45, 2.75) is 63.3 Å². The molecule has 1 aliphatic carbocycles. The lowest BCUT2D eigenvalue weighted by Gasteiger charge is -2.31. The molecule has 2 rings (SSSR count). The van der Waals surface area contributed by atoms with Gasteiger partial charge in [-0.2, -0.15) is 0 Å². The first kappa shape index (κ1) is 19.6. The Morgan fingerprint density at radius 2 is 1.79 bits per heavy atom. The molecule has 0 saturated heterocycles. The fourth-order valence-electron chi connectivity index (χ4n) is 3.17. The van der Waals surface area contributed by atoms with Gasteiger partial charge in [-0.1, -0.05) is 38.8 Å². The van der Waals surface area contributed by atoms with Crippen LogP contribution in [0.15, 0.2) is 29.2 Å². The molecule has 24 heavy (non-hydrogen) atoms. The Kier molecular flexibility index (Phi) is 7.01. The molecule has 1 aliphatic rings. The predicted octanol–water partition coefficient (Wildman–Crippen LogP) is 3.42. The van der Waals surface area contributed by atoms with Gasteiger partial charge in [-0.05, 0) is 49.3 Å². The summed E-state index contributed by atoms with van der Waals surface area (Å²) in [6, 6.07) is 7.88. The van der Waals surface area contributed by atoms with Crippen molar-refractivity contribution in [3.05, 3.63) is 29.8 Å². The van der Waals surface area contributed by atoms with E-state index in [-0.39, 0.29) is 17.7 Å². The molecular formula is C18H29NO3S2. The second-order valence-corrected chi connectivity index (χ2v) is 10.4. The van der Waals surface area contributed by atoms with Gasteiger partial charge in [-0.15, -0.1) is 0 Å². The van der Waals surface area contributed by atoms with Crippen LogP contribution >= 0.6 is 0 Å². The standard InChI is InChI=1S/C18H29NO3S2/c1-4-24(21,22)19-18-8-6-5-7-16(18)13-23(20)17-11-9-15(10-12-17)14(2)3/h9-12,14,16,18-19H,4-8,13H2,1-3H3. The highest BCUT2D eigenvalue weighted by Crippen LogP contribution is 2.27. The summed E-state index contributed by atoms with van der Waals surface area (Å²) in [6.45, 7) is 5.92. The summed E-state index contributed by atoms with van der Waals surface area (Å²) in [5.41, 5.74) is 1.24. The second kappa shape index (κ2) is 8.59. The third-order valence-electron chi connectivity index (χ3n) is 4.80. The van der Waals surface area contributed by atoms with Crippen molar-refractivity contribution in [3.63, 3.8) is 0 Å². The lowest BCUT2D eigenvalue weighted by molar-refractivity contribution is 0.314. The van der Waals surface area contributed by atoms with Crippen LogP contribution in [0, 0.1) is 5.92 Å². The summed E-state index contributed by atoms with van der Waals surface area (Å²) < 4.78 is 39.3. The van der Waals surface area contributed by atoms with E-state index in [9.17, 15) is 12.6 Å². The zero-order valence-electron chi connectivity index (χ0n) is 14.8. The molecule has 3 atom stereocenters. The number of rotatable bonds is 7. The Morgan fingerprint density at radius 3 is 2.38 bits per heavy atom. The summed E-state index contributed by atoms with van der Waals surface area (Å²) in [5, 5.41) is 0. The molecule has 136 valence electrons. The van der Waals surface area contributed by atoms with Gasteiger partial charge in [0, 0.05) is 16.7 Å². The maximum atomic E-state index is 12.7. The van der Waals surface area contributed by atoms with Gasteiger partial charge in [0.15, 0.2) is 0 Å². The van der Waals surface area contributed by atoms with E-state index in [0.717, 1.165) is 30.6 Å². The molecule has 0 amide bonds. The van der Waals surface area contributed by atoms with Gasteiger partial charge in [0.05, 0.1) is 16.6 Å². The van der Waals surface area contributed by atoms with Gasteiger partial charge in [0.2, 0.25) is 10.0 Å². The van der Waals surface area contributed by atoms with Gasteiger partial charge in [-0.3, -0.25) is 4.21 Å². The van der Waals surface area contributed by atoms with Crippen LogP contribution in [-0.2, 0) is 20.8 Å². The Labute approximate surface area is 148 Å². The van der Waals surface area contributed by atoms with Gasteiger partial charge < -0.3 is 0 Å². The summed E-state index contributed by atoms with van der Waals surface area (Å²) in [7, 11) is -4.30. The normalized spacial score (nSPS) is 23.3. The van der Waals surface area contributed by atoms with Crippen LogP contribution in [0.1, 0.15) is 57.9 Å². The first-order chi connectivity index (χ1) is 11.3. The summed E-state index contributed by atoms with van der Waals surface area (Å²) in [4.78, 5) is 0.835. The molecular weight excluding hydrogens is 342 g/mol. The van der Waals surface area contributed by atoms with E-state index in [1.807, 2.05) is 24.3 Å². The quantitative estimate of drug-likeness (QED) is 0.799. The molecule has 1 aromatic carbocycles. The number of benzene rings is 1. The number of hydrogen-bond donors (Lipinski definition) is 1. The van der Waals surface area contributed by atoms with Crippen LogP contribution in [0.3, 0.4) is 0 Å². The Morgan fingerprint density at radius 1 is 1.17 bits per heavy atom. The maximum absolute atomic E-state index is 12.7. The average molecular weight is 372 g/mol. The van der Waals surface area contributed by atoms with E-state index >= 15 is 0 Å². The average Bonchev–Trinajstić information content (AvgIpc) is 2.56. The lowest BCUT2D eigenvalue weighted by atomic mass is 9.86. The van der Waals surface area contributed by atoms with Crippen molar-refractivity contribution >= 4 is 20.8 Å². The van der Waals surface area contributed by atoms with Crippen molar-refractivity contribution in [3.8, 4) is 0 Å². The third-order valence-corrected chi connectivity index (χ3v) is 7.75. The van der Waals surface area contributed by atoms with Crippen molar-refractivity contribution in [2.24, 2.45) is 5.92 Å². The molecule has 4 nitrogen and oxygen atoms in total. The first-order valence-corrected chi connectivity index (χ1v) is 11.8. The topological polar surface area (TPSA) is 63.2 Å². The lowest BCUT2D eigenvalue weighted by Crippen LogP contribution is -2.44. The fraction of sp³-hybridized carbons (Fsp3) is 0.667. The largest absolute Gasteiger partial charge is 0.254 e. The van der Waals surface area contributed by atoms with E-state index < -0.39 is 20.8 Å². The Bertz CT molecular complexity index is 653. The molecule has 0 heterocycles. The van der Waals surface area contributed by atoms with Crippen LogP contribution in [0.2, 0.25) is 0 Å². The van der Waals surface area contributed by atoms with Crippen LogP contribution in [-0.4, -0.2) is 30.2 Å². The van der Waals surface area contributed by atoms with Crippen molar-refractivity contribution in [1.29, 1.82) is 0 Å². The molecule has 0 aromatic heterocycles. The minimum atomic E-state index is -3.22. The summed E-state index contributed by atoms with van der Waals surface area (Å²) in [6.07, 6.45) is 3.89. The van der Waals surface area contributed by atoms with Crippen LogP contribution in [0.4, 0.5) is 0 Å². The van der Waals surface area contributed by atoms with E-state index in [0.29, 0.717) is 11.7 Å². The van der Waals surface area contributed by atoms with Crippen molar-refractivity contribution in [1.82, 2.24) is 4.72 Å². The number of hydrogen-bond acceptors (Lipinski definition) is 3. The van der Waals surface area contributed by atoms with Crippen LogP contribution in [0.5, 0.6) is 0 Å². The zero-order chi connectivity index (χ0) is 17.7. The van der Waals surface area contributed by atoms with Gasteiger partial charge >= 0.3 is 0 Å². The molecule has 0 aliphatic heterocycles. The zero-order valence-corrected chi connectivity index (χ0v) is 16.5. The summed E-state index contributed by atoms with van der Waals surface area (Å²) >= 11 is 0. The van der Waals surface area contributed by atoms with Gasteiger partial charge in [0.25, 0.3) is 0 Å². The van der Waals surface area contributed by atoms with E-state index in [1.165, 1.54) is 5.56 Å². The Balaban J connectivity index is 2.05. The molecule has 1 aromatic rings. The highest BCUT2D eigenvalue weighted by molar-refractivity contribution is 7.89. The smallest absolute Gasteiger partial charge is 0.211 e. The van der Waals surface area contributed by atoms with Crippen LogP contribution < -0.4 is 4.72 Å². The first-order valence-electron chi connectivity index (χ1n) is 8.80. The SMILES string of the molecule is CCS(=O)(=O)NC1CCCCC1CS(=O)c1ccc(C(C)C)cc1. The van der Waals surface area contributed by atoms with Crippen molar-refractivity contribution < 1.29 is 12.6 Å². The molecule has 6 heteroatoms. The minimum absolute atomic E-state index is 0.0809. The summed E-state index contributed by atoms with van der Waals surface area (Å²) in [5.74, 6) is 1.22. The van der Waals surface area contributed by atoms with E-state index in [2.05, 4.69) is 18.6 Å². The third kappa shape index (κ3) is 5.39. The molecule has 1 N–H and O–H groups in total. The van der Waals surface area contributed by atoms with Crippen molar-refractivity contribution in [2.75, 3.05) is 11.5 Å². The number of sulfonamides is 1. The Hall–Kier alpha value is -0.720. The van der Waals surface area contributed by atoms with Gasteiger partial charge in [-0.25, -0.2) is 13.1 Å². The minimum Gasteiger partial charge on any atom is -0.254 e. The van der Waals surface area contributed by atoms with E-state index in [4.69, 9.17) is 0 Å². The van der Waals surface area contributed by atoms with Gasteiger partial charge in [0.1, 0.15) is 0 Å². The van der Waals surface area contributed by atoms with E-state index in [1.54, 1.807) is 6.92 Å². The molecule has 0 radical (unpaired) electrons. The highest BCUT2D eigenvalue weighted by atomic mass is 32.2. The van der Waals surface area contributed by atoms with Crippen LogP contribution in [0.25, 0.3) is 0 Å². The molecule has 0 bridgehead atoms. The molecule has 1 fully saturated rings. The molecule has 3 unspecified atom stereocenters. The monoisotopic (exact) mass is 371 g/mol. The number of nitrogens with one attached hydrogen (secondary N) is 1. The maximum Gasteiger partial charge on any atom is 0.211 e. The molecule has 1 saturated carbocycles. The highest BCUT2D eigenvalue weighted by Gasteiger charge is 2.29. The molecule has 0 spiro atoms.